The number of hydrogen-bond donors (Lipinski definition) is 1. The van der Waals surface area contributed by atoms with Crippen LogP contribution in [0.2, 0.25) is 0 Å². The van der Waals surface area contributed by atoms with Crippen molar-refractivity contribution in [3.63, 3.8) is 0 Å². The van der Waals surface area contributed by atoms with Crippen LogP contribution in [0, 0.1) is 18.6 Å². The highest BCUT2D eigenvalue weighted by atomic mass is 19.1. The topological polar surface area (TPSA) is 12.0 Å². The Hall–Kier alpha value is -1.22. The van der Waals surface area contributed by atoms with Gasteiger partial charge in [-0.3, -0.25) is 0 Å². The van der Waals surface area contributed by atoms with E-state index in [0.717, 1.165) is 18.1 Å². The summed E-state index contributed by atoms with van der Waals surface area (Å²) in [7, 11) is 1.77. The Bertz CT molecular complexity index is 413. The molecule has 1 atom stereocenters. The van der Waals surface area contributed by atoms with E-state index in [1.54, 1.807) is 20.0 Å². The van der Waals surface area contributed by atoms with Crippen LogP contribution in [0.25, 0.3) is 0 Å². The van der Waals surface area contributed by atoms with Gasteiger partial charge in [0.25, 0.3) is 0 Å². The smallest absolute Gasteiger partial charge is 0.130 e. The molecule has 1 aromatic carbocycles. The van der Waals surface area contributed by atoms with Gasteiger partial charge in [0.15, 0.2) is 0 Å². The Morgan fingerprint density at radius 1 is 1.35 bits per heavy atom. The molecule has 0 saturated carbocycles. The number of hydrogen-bond acceptors (Lipinski definition) is 1. The summed E-state index contributed by atoms with van der Waals surface area (Å²) in [5.41, 5.74) is 2.01. The zero-order valence-corrected chi connectivity index (χ0v) is 10.6. The van der Waals surface area contributed by atoms with E-state index in [2.05, 4.69) is 11.9 Å². The first kappa shape index (κ1) is 13.8. The van der Waals surface area contributed by atoms with Crippen LogP contribution in [0.1, 0.15) is 36.9 Å². The lowest BCUT2D eigenvalue weighted by atomic mass is 9.96. The van der Waals surface area contributed by atoms with Crippen LogP contribution >= 0.6 is 0 Å². The van der Waals surface area contributed by atoms with Crippen molar-refractivity contribution in [1.82, 2.24) is 5.32 Å². The van der Waals surface area contributed by atoms with Crippen LogP contribution in [0.4, 0.5) is 8.78 Å². The largest absolute Gasteiger partial charge is 0.313 e. The average molecular weight is 239 g/mol. The fourth-order valence-corrected chi connectivity index (χ4v) is 1.75. The van der Waals surface area contributed by atoms with Gasteiger partial charge in [0.1, 0.15) is 11.6 Å². The highest BCUT2D eigenvalue weighted by molar-refractivity contribution is 5.29. The van der Waals surface area contributed by atoms with Crippen molar-refractivity contribution >= 4 is 0 Å². The third kappa shape index (κ3) is 3.37. The molecule has 0 bridgehead atoms. The van der Waals surface area contributed by atoms with Crippen LogP contribution < -0.4 is 5.32 Å². The first-order valence-electron chi connectivity index (χ1n) is 5.79. The Morgan fingerprint density at radius 3 is 2.53 bits per heavy atom. The molecule has 1 nitrogen and oxygen atoms in total. The van der Waals surface area contributed by atoms with E-state index in [9.17, 15) is 8.78 Å². The SMILES string of the molecule is C=C(CC)CC(NC)c1cc(C)c(F)cc1F. The summed E-state index contributed by atoms with van der Waals surface area (Å²) < 4.78 is 26.9. The minimum absolute atomic E-state index is 0.151. The highest BCUT2D eigenvalue weighted by Crippen LogP contribution is 2.26. The summed E-state index contributed by atoms with van der Waals surface area (Å²) >= 11 is 0. The zero-order valence-electron chi connectivity index (χ0n) is 10.6. The summed E-state index contributed by atoms with van der Waals surface area (Å²) in [5.74, 6) is -1.01. The quantitative estimate of drug-likeness (QED) is 0.769. The maximum absolute atomic E-state index is 13.7. The number of rotatable bonds is 5. The minimum atomic E-state index is -0.504. The second-order valence-corrected chi connectivity index (χ2v) is 4.27. The van der Waals surface area contributed by atoms with Gasteiger partial charge in [-0.25, -0.2) is 8.78 Å². The monoisotopic (exact) mass is 239 g/mol. The molecule has 0 aliphatic heterocycles. The molecule has 1 aromatic rings. The molecule has 94 valence electrons. The Balaban J connectivity index is 3.03. The molecule has 1 unspecified atom stereocenters. The molecule has 0 aromatic heterocycles. The Labute approximate surface area is 102 Å². The molecule has 1 rings (SSSR count). The predicted octanol–water partition coefficient (Wildman–Crippen LogP) is 3.89. The summed E-state index contributed by atoms with van der Waals surface area (Å²) in [6, 6.07) is 2.36. The van der Waals surface area contributed by atoms with Gasteiger partial charge in [-0.1, -0.05) is 19.1 Å². The van der Waals surface area contributed by atoms with E-state index in [1.165, 1.54) is 0 Å². The van der Waals surface area contributed by atoms with Crippen molar-refractivity contribution in [1.29, 1.82) is 0 Å². The molecule has 0 heterocycles. The molecular weight excluding hydrogens is 220 g/mol. The summed E-state index contributed by atoms with van der Waals surface area (Å²) in [6.45, 7) is 7.57. The second kappa shape index (κ2) is 5.92. The van der Waals surface area contributed by atoms with Gasteiger partial charge in [-0.2, -0.15) is 0 Å². The Morgan fingerprint density at radius 2 is 2.00 bits per heavy atom. The maximum atomic E-state index is 13.7. The lowest BCUT2D eigenvalue weighted by Crippen LogP contribution is -2.18. The lowest BCUT2D eigenvalue weighted by Gasteiger charge is -2.19. The van der Waals surface area contributed by atoms with Crippen molar-refractivity contribution < 1.29 is 8.78 Å². The van der Waals surface area contributed by atoms with Gasteiger partial charge in [0.2, 0.25) is 0 Å². The van der Waals surface area contributed by atoms with Gasteiger partial charge in [0, 0.05) is 17.7 Å². The van der Waals surface area contributed by atoms with Crippen molar-refractivity contribution in [2.75, 3.05) is 7.05 Å². The number of nitrogens with one attached hydrogen (secondary N) is 1. The van der Waals surface area contributed by atoms with E-state index in [0.29, 0.717) is 17.5 Å². The predicted molar refractivity (Wildman–Crippen MR) is 66.9 cm³/mol. The average Bonchev–Trinajstić information content (AvgIpc) is 2.30. The minimum Gasteiger partial charge on any atom is -0.313 e. The Kier molecular flexibility index (Phi) is 4.82. The molecule has 17 heavy (non-hydrogen) atoms. The van der Waals surface area contributed by atoms with Crippen molar-refractivity contribution in [3.8, 4) is 0 Å². The molecule has 0 spiro atoms. The number of aryl methyl sites for hydroxylation is 1. The summed E-state index contributed by atoms with van der Waals surface area (Å²) in [5, 5.41) is 3.05. The molecule has 0 amide bonds. The normalized spacial score (nSPS) is 12.5. The van der Waals surface area contributed by atoms with Gasteiger partial charge in [-0.05, 0) is 38.4 Å². The van der Waals surface area contributed by atoms with E-state index >= 15 is 0 Å². The molecule has 0 aliphatic rings. The first-order valence-corrected chi connectivity index (χ1v) is 5.79. The van der Waals surface area contributed by atoms with Crippen LogP contribution in [0.5, 0.6) is 0 Å². The van der Waals surface area contributed by atoms with Crippen LogP contribution in [-0.2, 0) is 0 Å². The van der Waals surface area contributed by atoms with Crippen molar-refractivity contribution in [3.05, 3.63) is 47.0 Å². The highest BCUT2D eigenvalue weighted by Gasteiger charge is 2.16. The molecule has 3 heteroatoms. The third-order valence-corrected chi connectivity index (χ3v) is 2.99. The van der Waals surface area contributed by atoms with E-state index < -0.39 is 11.6 Å². The van der Waals surface area contributed by atoms with Crippen molar-refractivity contribution in [2.45, 2.75) is 32.7 Å². The molecule has 0 saturated heterocycles. The van der Waals surface area contributed by atoms with Gasteiger partial charge >= 0.3 is 0 Å². The maximum Gasteiger partial charge on any atom is 0.130 e. The van der Waals surface area contributed by atoms with Crippen LogP contribution in [0.15, 0.2) is 24.3 Å². The van der Waals surface area contributed by atoms with Gasteiger partial charge in [0.05, 0.1) is 0 Å². The third-order valence-electron chi connectivity index (χ3n) is 2.99. The fourth-order valence-electron chi connectivity index (χ4n) is 1.75. The number of benzene rings is 1. The summed E-state index contributed by atoms with van der Waals surface area (Å²) in [4.78, 5) is 0. The number of halogens is 2. The molecule has 0 radical (unpaired) electrons. The molecule has 0 aliphatic carbocycles. The standard InChI is InChI=1S/C14H19F2N/c1-5-9(2)6-14(17-4)11-7-10(3)12(15)8-13(11)16/h7-8,14,17H,2,5-6H2,1,3-4H3. The second-order valence-electron chi connectivity index (χ2n) is 4.27. The summed E-state index contributed by atoms with van der Waals surface area (Å²) in [6.07, 6.45) is 1.52. The van der Waals surface area contributed by atoms with Gasteiger partial charge in [-0.15, -0.1) is 0 Å². The fraction of sp³-hybridized carbons (Fsp3) is 0.429. The van der Waals surface area contributed by atoms with E-state index in [1.807, 2.05) is 6.92 Å². The van der Waals surface area contributed by atoms with E-state index in [-0.39, 0.29) is 6.04 Å². The molecule has 1 N–H and O–H groups in total. The first-order chi connectivity index (χ1) is 7.99. The lowest BCUT2D eigenvalue weighted by molar-refractivity contribution is 0.516. The zero-order chi connectivity index (χ0) is 13.0. The van der Waals surface area contributed by atoms with Crippen molar-refractivity contribution in [2.24, 2.45) is 0 Å². The van der Waals surface area contributed by atoms with Crippen LogP contribution in [0.3, 0.4) is 0 Å². The molecule has 0 fully saturated rings. The van der Waals surface area contributed by atoms with E-state index in [4.69, 9.17) is 0 Å². The van der Waals surface area contributed by atoms with Gasteiger partial charge < -0.3 is 5.32 Å². The molecular formula is C14H19F2N. The van der Waals surface area contributed by atoms with Crippen LogP contribution in [-0.4, -0.2) is 7.05 Å².